The Hall–Kier alpha value is -2.36. The molecule has 8 nitrogen and oxygen atoms in total. The van der Waals surface area contributed by atoms with Gasteiger partial charge in [0.15, 0.2) is 11.9 Å². The summed E-state index contributed by atoms with van der Waals surface area (Å²) in [7, 11) is 1.58. The molecule has 1 N–H and O–H groups in total. The van der Waals surface area contributed by atoms with Crippen LogP contribution in [0, 0.1) is 0 Å². The molecule has 5 rings (SSSR count). The third-order valence-corrected chi connectivity index (χ3v) is 8.43. The number of benzene rings is 1. The van der Waals surface area contributed by atoms with Crippen LogP contribution >= 0.6 is 15.9 Å². The van der Waals surface area contributed by atoms with Crippen LogP contribution in [0.3, 0.4) is 0 Å². The maximum absolute atomic E-state index is 14.0. The van der Waals surface area contributed by atoms with Gasteiger partial charge in [-0.05, 0) is 99.5 Å². The maximum atomic E-state index is 14.0. The molecule has 0 radical (unpaired) electrons. The fraction of sp³-hybridized carbons (Fsp3) is 0.571. The summed E-state index contributed by atoms with van der Waals surface area (Å²) in [5.74, 6) is -1.50. The number of methoxy groups -OCH3 is 1. The van der Waals surface area contributed by atoms with Gasteiger partial charge in [-0.2, -0.15) is 0 Å². The predicted molar refractivity (Wildman–Crippen MR) is 142 cm³/mol. The molecule has 3 aliphatic rings. The smallest absolute Gasteiger partial charge is 0.336 e. The van der Waals surface area contributed by atoms with Gasteiger partial charge in [-0.25, -0.2) is 4.79 Å². The van der Waals surface area contributed by atoms with Crippen LogP contribution in [0.2, 0.25) is 0 Å². The summed E-state index contributed by atoms with van der Waals surface area (Å²) in [5, 5.41) is 9.86. The summed E-state index contributed by atoms with van der Waals surface area (Å²) in [6.07, 6.45) is 1.51. The summed E-state index contributed by atoms with van der Waals surface area (Å²) in [5.41, 5.74) is 5.13. The summed E-state index contributed by atoms with van der Waals surface area (Å²) < 4.78 is 20.6. The van der Waals surface area contributed by atoms with Gasteiger partial charge < -0.3 is 28.8 Å². The normalized spacial score (nSPS) is 23.1. The summed E-state index contributed by atoms with van der Waals surface area (Å²) >= 11 is 3.87. The van der Waals surface area contributed by atoms with E-state index in [4.69, 9.17) is 14.2 Å². The quantitative estimate of drug-likeness (QED) is 0.532. The Morgan fingerprint density at radius 2 is 1.86 bits per heavy atom. The molecule has 200 valence electrons. The number of carbonyl (C=O) groups is 2. The highest BCUT2D eigenvalue weighted by molar-refractivity contribution is 9.10. The van der Waals surface area contributed by atoms with E-state index in [-0.39, 0.29) is 11.4 Å². The van der Waals surface area contributed by atoms with E-state index in [0.717, 1.165) is 64.8 Å². The van der Waals surface area contributed by atoms with E-state index in [1.165, 1.54) is 0 Å². The molecule has 0 bridgehead atoms. The summed E-state index contributed by atoms with van der Waals surface area (Å²) in [6, 6.07) is 3.94. The Labute approximate surface area is 226 Å². The molecule has 1 amide bonds. The standard InChI is InChI=1S/C28H35BrN2O6/c1-27(2,3)31-11-8-7-9-16-20(29)21-17-14-18(23-24(26(33)34)37-28(4,5)36-23)19(35-6)13-15(17)10-12-30(21)22(16)25(31)32/h13-14,23-24H,7-12H2,1-6H3,(H,33,34). The van der Waals surface area contributed by atoms with Gasteiger partial charge in [0.2, 0.25) is 0 Å². The van der Waals surface area contributed by atoms with E-state index < -0.39 is 24.0 Å². The number of hydrogen-bond donors (Lipinski definition) is 1. The third-order valence-electron chi connectivity index (χ3n) is 7.58. The minimum absolute atomic E-state index is 0.0616. The molecule has 9 heteroatoms. The zero-order chi connectivity index (χ0) is 26.9. The van der Waals surface area contributed by atoms with Crippen molar-refractivity contribution in [1.29, 1.82) is 0 Å². The fourth-order valence-corrected chi connectivity index (χ4v) is 6.72. The minimum atomic E-state index is -1.16. The highest BCUT2D eigenvalue weighted by Crippen LogP contribution is 2.48. The van der Waals surface area contributed by atoms with Gasteiger partial charge in [0.05, 0.1) is 12.8 Å². The zero-order valence-electron chi connectivity index (χ0n) is 22.3. The van der Waals surface area contributed by atoms with Crippen molar-refractivity contribution in [3.63, 3.8) is 0 Å². The van der Waals surface area contributed by atoms with Gasteiger partial charge in [-0.15, -0.1) is 0 Å². The molecular formula is C28H35BrN2O6. The van der Waals surface area contributed by atoms with Crippen LogP contribution in [-0.2, 0) is 33.7 Å². The zero-order valence-corrected chi connectivity index (χ0v) is 23.9. The number of fused-ring (bicyclic) bond motifs is 5. The lowest BCUT2D eigenvalue weighted by atomic mass is 9.92. The molecule has 0 spiro atoms. The molecule has 1 saturated heterocycles. The van der Waals surface area contributed by atoms with Crippen molar-refractivity contribution in [2.75, 3.05) is 13.7 Å². The van der Waals surface area contributed by atoms with E-state index in [9.17, 15) is 14.7 Å². The van der Waals surface area contributed by atoms with Crippen LogP contribution in [-0.4, -0.2) is 57.5 Å². The Kier molecular flexibility index (Phi) is 6.48. The molecule has 4 heterocycles. The van der Waals surface area contributed by atoms with Crippen molar-refractivity contribution in [1.82, 2.24) is 9.47 Å². The number of nitrogens with zero attached hydrogens (tertiary/aromatic N) is 2. The molecule has 0 aliphatic carbocycles. The SMILES string of the molecule is COc1cc2c(cc1C1OC(C)(C)OC1C(=O)O)-c1c(Br)c3c(n1CC2)C(=O)N(C(C)(C)C)CCCC3. The van der Waals surface area contributed by atoms with Gasteiger partial charge in [0, 0.05) is 34.2 Å². The monoisotopic (exact) mass is 574 g/mol. The number of carboxylic acid groups (broad SMARTS) is 1. The second-order valence-electron chi connectivity index (χ2n) is 11.5. The first kappa shape index (κ1) is 26.3. The van der Waals surface area contributed by atoms with Crippen LogP contribution in [0.1, 0.15) is 80.7 Å². The van der Waals surface area contributed by atoms with Crippen molar-refractivity contribution in [3.8, 4) is 17.0 Å². The first-order valence-corrected chi connectivity index (χ1v) is 13.7. The lowest BCUT2D eigenvalue weighted by molar-refractivity contribution is -0.165. The third kappa shape index (κ3) is 4.38. The van der Waals surface area contributed by atoms with E-state index in [0.29, 0.717) is 17.9 Å². The van der Waals surface area contributed by atoms with E-state index in [2.05, 4.69) is 41.3 Å². The Balaban J connectivity index is 1.69. The van der Waals surface area contributed by atoms with Crippen LogP contribution in [0.15, 0.2) is 16.6 Å². The van der Waals surface area contributed by atoms with Crippen molar-refractivity contribution in [2.24, 2.45) is 0 Å². The molecule has 2 aromatic rings. The van der Waals surface area contributed by atoms with Gasteiger partial charge >= 0.3 is 5.97 Å². The molecular weight excluding hydrogens is 540 g/mol. The fourth-order valence-electron chi connectivity index (χ4n) is 5.91. The van der Waals surface area contributed by atoms with E-state index in [1.807, 2.05) is 17.0 Å². The molecule has 1 aromatic heterocycles. The lowest BCUT2D eigenvalue weighted by Crippen LogP contribution is -2.47. The van der Waals surface area contributed by atoms with Crippen molar-refractivity contribution < 1.29 is 28.9 Å². The van der Waals surface area contributed by atoms with Gasteiger partial charge in [-0.1, -0.05) is 0 Å². The number of hydrogen-bond acceptors (Lipinski definition) is 5. The summed E-state index contributed by atoms with van der Waals surface area (Å²) in [6.45, 7) is 11.1. The molecule has 2 unspecified atom stereocenters. The van der Waals surface area contributed by atoms with Crippen molar-refractivity contribution in [2.45, 2.75) is 90.4 Å². The lowest BCUT2D eigenvalue weighted by Gasteiger charge is -2.37. The van der Waals surface area contributed by atoms with Crippen LogP contribution in [0.5, 0.6) is 5.75 Å². The number of carboxylic acids is 1. The predicted octanol–water partition coefficient (Wildman–Crippen LogP) is 5.34. The Morgan fingerprint density at radius 1 is 1.14 bits per heavy atom. The van der Waals surface area contributed by atoms with E-state index >= 15 is 0 Å². The number of aryl methyl sites for hydroxylation is 1. The number of carbonyl (C=O) groups excluding carboxylic acids is 1. The topological polar surface area (TPSA) is 90.2 Å². The second-order valence-corrected chi connectivity index (χ2v) is 12.3. The van der Waals surface area contributed by atoms with Crippen molar-refractivity contribution in [3.05, 3.63) is 39.0 Å². The highest BCUT2D eigenvalue weighted by atomic mass is 79.9. The number of amides is 1. The molecule has 3 aliphatic heterocycles. The first-order chi connectivity index (χ1) is 17.3. The number of aliphatic carboxylic acids is 1. The van der Waals surface area contributed by atoms with Crippen molar-refractivity contribution >= 4 is 27.8 Å². The van der Waals surface area contributed by atoms with Gasteiger partial charge in [0.25, 0.3) is 5.91 Å². The van der Waals surface area contributed by atoms with Gasteiger partial charge in [0.1, 0.15) is 17.5 Å². The number of ether oxygens (including phenoxy) is 3. The largest absolute Gasteiger partial charge is 0.496 e. The molecule has 1 aromatic carbocycles. The van der Waals surface area contributed by atoms with Crippen LogP contribution in [0.4, 0.5) is 0 Å². The molecule has 37 heavy (non-hydrogen) atoms. The second kappa shape index (κ2) is 9.13. The number of aromatic nitrogens is 1. The summed E-state index contributed by atoms with van der Waals surface area (Å²) in [4.78, 5) is 28.0. The highest BCUT2D eigenvalue weighted by Gasteiger charge is 2.48. The van der Waals surface area contributed by atoms with Crippen LogP contribution in [0.25, 0.3) is 11.3 Å². The van der Waals surface area contributed by atoms with E-state index in [1.54, 1.807) is 21.0 Å². The minimum Gasteiger partial charge on any atom is -0.496 e. The Bertz CT molecular complexity index is 1270. The molecule has 1 fully saturated rings. The average molecular weight is 576 g/mol. The number of halogens is 1. The molecule has 0 saturated carbocycles. The molecule has 2 atom stereocenters. The first-order valence-electron chi connectivity index (χ1n) is 12.9. The Morgan fingerprint density at radius 3 is 2.51 bits per heavy atom. The maximum Gasteiger partial charge on any atom is 0.336 e. The average Bonchev–Trinajstić information content (AvgIpc) is 3.28. The number of rotatable bonds is 3. The van der Waals surface area contributed by atoms with Gasteiger partial charge in [-0.3, -0.25) is 4.79 Å². The van der Waals surface area contributed by atoms with Crippen LogP contribution < -0.4 is 4.74 Å².